The molecule has 7 nitrogen and oxygen atoms in total. The lowest BCUT2D eigenvalue weighted by molar-refractivity contribution is -0.384. The molecule has 1 aliphatic heterocycles. The van der Waals surface area contributed by atoms with Crippen LogP contribution < -0.4 is 10.1 Å². The number of nitro groups is 1. The number of anilines is 1. The minimum Gasteiger partial charge on any atom is -0.497 e. The van der Waals surface area contributed by atoms with Crippen molar-refractivity contribution in [1.29, 1.82) is 0 Å². The summed E-state index contributed by atoms with van der Waals surface area (Å²) in [6.07, 6.45) is 1.61. The molecule has 1 fully saturated rings. The average Bonchev–Trinajstić information content (AvgIpc) is 3.46. The minimum atomic E-state index is -0.482. The smallest absolute Gasteiger partial charge is 0.270 e. The van der Waals surface area contributed by atoms with Crippen LogP contribution in [0.25, 0.3) is 0 Å². The van der Waals surface area contributed by atoms with E-state index >= 15 is 0 Å². The van der Waals surface area contributed by atoms with E-state index in [1.54, 1.807) is 18.1 Å². The third kappa shape index (κ3) is 2.67. The second-order valence-corrected chi connectivity index (χ2v) is 6.25. The maximum absolute atomic E-state index is 13.0. The number of ether oxygens (including phenoxy) is 1. The van der Waals surface area contributed by atoms with Crippen LogP contribution in [0.4, 0.5) is 11.4 Å². The van der Waals surface area contributed by atoms with Crippen LogP contribution in [-0.4, -0.2) is 28.9 Å². The number of benzene rings is 2. The number of rotatable bonds is 4. The lowest BCUT2D eigenvalue weighted by atomic mass is 10.0. The Morgan fingerprint density at radius 2 is 1.92 bits per heavy atom. The van der Waals surface area contributed by atoms with Crippen LogP contribution in [0.5, 0.6) is 5.75 Å². The Hall–Kier alpha value is -3.09. The van der Waals surface area contributed by atoms with Gasteiger partial charge in [-0.1, -0.05) is 12.1 Å². The van der Waals surface area contributed by atoms with Gasteiger partial charge in [0.05, 0.1) is 17.6 Å². The van der Waals surface area contributed by atoms with Gasteiger partial charge in [-0.2, -0.15) is 0 Å². The Balaban J connectivity index is 1.75. The van der Waals surface area contributed by atoms with E-state index in [4.69, 9.17) is 4.74 Å². The van der Waals surface area contributed by atoms with Crippen molar-refractivity contribution in [3.8, 4) is 5.75 Å². The molecule has 1 saturated carbocycles. The zero-order valence-electron chi connectivity index (χ0n) is 13.6. The van der Waals surface area contributed by atoms with Crippen molar-refractivity contribution in [1.82, 2.24) is 4.90 Å². The molecule has 1 atom stereocenters. The van der Waals surface area contributed by atoms with Gasteiger partial charge in [0.2, 0.25) is 0 Å². The lowest BCUT2D eigenvalue weighted by Crippen LogP contribution is -2.44. The van der Waals surface area contributed by atoms with E-state index in [1.807, 2.05) is 24.3 Å². The molecule has 0 unspecified atom stereocenters. The molecule has 1 heterocycles. The molecular formula is C18H17N3O4. The van der Waals surface area contributed by atoms with Gasteiger partial charge in [0.15, 0.2) is 0 Å². The third-order valence-corrected chi connectivity index (χ3v) is 4.62. The zero-order valence-corrected chi connectivity index (χ0v) is 13.6. The molecule has 25 heavy (non-hydrogen) atoms. The third-order valence-electron chi connectivity index (χ3n) is 4.62. The summed E-state index contributed by atoms with van der Waals surface area (Å²) in [4.78, 5) is 25.4. The van der Waals surface area contributed by atoms with Crippen molar-refractivity contribution in [2.45, 2.75) is 25.0 Å². The number of nitrogens with zero attached hydrogens (tertiary/aromatic N) is 2. The van der Waals surface area contributed by atoms with Crippen LogP contribution in [-0.2, 0) is 0 Å². The normalized spacial score (nSPS) is 19.2. The molecule has 0 aromatic heterocycles. The summed E-state index contributed by atoms with van der Waals surface area (Å²) >= 11 is 0. The van der Waals surface area contributed by atoms with Gasteiger partial charge in [0.1, 0.15) is 11.9 Å². The Labute approximate surface area is 144 Å². The summed E-state index contributed by atoms with van der Waals surface area (Å²) in [5, 5.41) is 14.4. The number of hydrogen-bond acceptors (Lipinski definition) is 5. The fourth-order valence-electron chi connectivity index (χ4n) is 3.18. The maximum atomic E-state index is 13.0. The van der Waals surface area contributed by atoms with Crippen molar-refractivity contribution in [3.05, 3.63) is 63.7 Å². The second-order valence-electron chi connectivity index (χ2n) is 6.25. The predicted molar refractivity (Wildman–Crippen MR) is 91.6 cm³/mol. The molecule has 4 rings (SSSR count). The summed E-state index contributed by atoms with van der Waals surface area (Å²) in [6.45, 7) is 0. The number of carbonyl (C=O) groups is 1. The average molecular weight is 339 g/mol. The number of non-ortho nitro benzene ring substituents is 1. The fourth-order valence-corrected chi connectivity index (χ4v) is 3.18. The minimum absolute atomic E-state index is 0.0763. The van der Waals surface area contributed by atoms with Gasteiger partial charge in [-0.15, -0.1) is 0 Å². The Morgan fingerprint density at radius 1 is 1.20 bits per heavy atom. The first-order chi connectivity index (χ1) is 12.1. The van der Waals surface area contributed by atoms with Crippen LogP contribution in [0.3, 0.4) is 0 Å². The molecule has 1 N–H and O–H groups in total. The highest BCUT2D eigenvalue weighted by molar-refractivity contribution is 6.02. The molecule has 0 spiro atoms. The number of nitro benzene ring substituents is 1. The van der Waals surface area contributed by atoms with Crippen LogP contribution >= 0.6 is 0 Å². The SMILES string of the molecule is COc1ccc([C@@H]2Nc3ccc([N+](=O)[O-])cc3C(=O)N2C2CC2)cc1. The summed E-state index contributed by atoms with van der Waals surface area (Å²) in [5.74, 6) is 0.584. The maximum Gasteiger partial charge on any atom is 0.270 e. The Morgan fingerprint density at radius 3 is 2.52 bits per heavy atom. The largest absolute Gasteiger partial charge is 0.497 e. The van der Waals surface area contributed by atoms with Crippen LogP contribution in [0.1, 0.15) is 34.9 Å². The van der Waals surface area contributed by atoms with Crippen molar-refractivity contribution in [3.63, 3.8) is 0 Å². The second kappa shape index (κ2) is 5.77. The van der Waals surface area contributed by atoms with Gasteiger partial charge >= 0.3 is 0 Å². The molecule has 0 radical (unpaired) electrons. The first kappa shape index (κ1) is 15.4. The molecule has 7 heteroatoms. The van der Waals surface area contributed by atoms with Crippen molar-refractivity contribution >= 4 is 17.3 Å². The molecular weight excluding hydrogens is 322 g/mol. The number of fused-ring (bicyclic) bond motifs is 1. The fraction of sp³-hybridized carbons (Fsp3) is 0.278. The highest BCUT2D eigenvalue weighted by Crippen LogP contribution is 2.41. The highest BCUT2D eigenvalue weighted by Gasteiger charge is 2.42. The topological polar surface area (TPSA) is 84.7 Å². The van der Waals surface area contributed by atoms with Gasteiger partial charge in [0, 0.05) is 23.9 Å². The molecule has 1 aliphatic carbocycles. The van der Waals surface area contributed by atoms with Crippen LogP contribution in [0.2, 0.25) is 0 Å². The number of methoxy groups -OCH3 is 1. The monoisotopic (exact) mass is 339 g/mol. The number of nitrogens with one attached hydrogen (secondary N) is 1. The van der Waals surface area contributed by atoms with Gasteiger partial charge < -0.3 is 15.0 Å². The van der Waals surface area contributed by atoms with E-state index in [0.29, 0.717) is 11.3 Å². The summed E-state index contributed by atoms with van der Waals surface area (Å²) in [5.41, 5.74) is 1.84. The van der Waals surface area contributed by atoms with Crippen molar-refractivity contribution in [2.24, 2.45) is 0 Å². The van der Waals surface area contributed by atoms with E-state index in [-0.39, 0.29) is 23.8 Å². The molecule has 1 amide bonds. The Bertz CT molecular complexity index is 846. The Kier molecular flexibility index (Phi) is 3.56. The summed E-state index contributed by atoms with van der Waals surface area (Å²) < 4.78 is 5.19. The predicted octanol–water partition coefficient (Wildman–Crippen LogP) is 3.33. The highest BCUT2D eigenvalue weighted by atomic mass is 16.6. The molecule has 2 aromatic carbocycles. The number of amides is 1. The van der Waals surface area contributed by atoms with E-state index in [2.05, 4.69) is 5.32 Å². The van der Waals surface area contributed by atoms with Crippen LogP contribution in [0.15, 0.2) is 42.5 Å². The zero-order chi connectivity index (χ0) is 17.6. The molecule has 2 aromatic rings. The van der Waals surface area contributed by atoms with E-state index in [1.165, 1.54) is 12.1 Å². The number of carbonyl (C=O) groups excluding carboxylic acids is 1. The number of hydrogen-bond donors (Lipinski definition) is 1. The summed E-state index contributed by atoms with van der Waals surface area (Å²) in [6, 6.07) is 12.1. The van der Waals surface area contributed by atoms with E-state index in [0.717, 1.165) is 24.2 Å². The molecule has 2 aliphatic rings. The van der Waals surface area contributed by atoms with Gasteiger partial charge in [0.25, 0.3) is 11.6 Å². The molecule has 0 saturated heterocycles. The van der Waals surface area contributed by atoms with E-state index < -0.39 is 4.92 Å². The first-order valence-electron chi connectivity index (χ1n) is 8.10. The molecule has 128 valence electrons. The first-order valence-corrected chi connectivity index (χ1v) is 8.10. The van der Waals surface area contributed by atoms with Crippen LogP contribution in [0, 0.1) is 10.1 Å². The lowest BCUT2D eigenvalue weighted by Gasteiger charge is -2.38. The van der Waals surface area contributed by atoms with Crippen molar-refractivity contribution < 1.29 is 14.5 Å². The standard InChI is InChI=1S/C18H17N3O4/c1-25-14-7-2-11(3-8-14)17-19-16-9-6-13(21(23)24)10-15(16)18(22)20(17)12-4-5-12/h2-3,6-10,12,17,19H,4-5H2,1H3/t17-/m1/s1. The van der Waals surface area contributed by atoms with Gasteiger partial charge in [-0.05, 0) is 36.6 Å². The molecule has 0 bridgehead atoms. The van der Waals surface area contributed by atoms with Crippen molar-refractivity contribution in [2.75, 3.05) is 12.4 Å². The summed E-state index contributed by atoms with van der Waals surface area (Å²) in [7, 11) is 1.61. The quantitative estimate of drug-likeness (QED) is 0.682. The van der Waals surface area contributed by atoms with Gasteiger partial charge in [-0.3, -0.25) is 14.9 Å². The van der Waals surface area contributed by atoms with Gasteiger partial charge in [-0.25, -0.2) is 0 Å². The van der Waals surface area contributed by atoms with E-state index in [9.17, 15) is 14.9 Å².